The molecule has 0 aromatic heterocycles. The Balaban J connectivity index is 2.40. The van der Waals surface area contributed by atoms with Crippen molar-refractivity contribution >= 4 is 15.9 Å². The number of alkyl halides is 3. The Hall–Kier alpha value is 0.340. The zero-order valence-corrected chi connectivity index (χ0v) is 7.33. The number of rotatable bonds is 1. The molecule has 10 heavy (non-hydrogen) atoms. The van der Waals surface area contributed by atoms with Gasteiger partial charge in [-0.05, 0) is 18.8 Å². The van der Waals surface area contributed by atoms with Crippen LogP contribution in [-0.4, -0.2) is 11.3 Å². The lowest BCUT2D eigenvalue weighted by Crippen LogP contribution is -2.26. The van der Waals surface area contributed by atoms with Gasteiger partial charge < -0.3 is 0 Å². The average molecular weight is 213 g/mol. The minimum atomic E-state index is -2.38. The molecular formula is C7H11BrF2. The molecule has 0 aromatic rings. The van der Waals surface area contributed by atoms with Gasteiger partial charge in [0.1, 0.15) is 0 Å². The van der Waals surface area contributed by atoms with Crippen molar-refractivity contribution in [3.8, 4) is 0 Å². The molecule has 0 spiro atoms. The van der Waals surface area contributed by atoms with Gasteiger partial charge in [0.05, 0.1) is 0 Å². The first-order valence-electron chi connectivity index (χ1n) is 3.58. The van der Waals surface area contributed by atoms with Crippen LogP contribution in [0.2, 0.25) is 0 Å². The van der Waals surface area contributed by atoms with Crippen molar-refractivity contribution in [3.05, 3.63) is 0 Å². The van der Waals surface area contributed by atoms with E-state index in [0.717, 1.165) is 11.8 Å². The van der Waals surface area contributed by atoms with E-state index in [9.17, 15) is 8.78 Å². The van der Waals surface area contributed by atoms with Crippen LogP contribution < -0.4 is 0 Å². The van der Waals surface area contributed by atoms with Gasteiger partial charge in [0, 0.05) is 18.2 Å². The lowest BCUT2D eigenvalue weighted by Gasteiger charge is -2.27. The largest absolute Gasteiger partial charge is 0.248 e. The zero-order chi connectivity index (χ0) is 7.61. The van der Waals surface area contributed by atoms with E-state index in [4.69, 9.17) is 0 Å². The monoisotopic (exact) mass is 212 g/mol. The van der Waals surface area contributed by atoms with Crippen molar-refractivity contribution in [1.82, 2.24) is 0 Å². The summed E-state index contributed by atoms with van der Waals surface area (Å²) in [5.74, 6) is -2.18. The molecule has 0 unspecified atom stereocenters. The van der Waals surface area contributed by atoms with Gasteiger partial charge in [-0.2, -0.15) is 0 Å². The summed E-state index contributed by atoms with van der Waals surface area (Å²) in [6.45, 7) is 0. The van der Waals surface area contributed by atoms with Gasteiger partial charge in [-0.15, -0.1) is 0 Å². The van der Waals surface area contributed by atoms with Crippen LogP contribution in [0.3, 0.4) is 0 Å². The van der Waals surface area contributed by atoms with E-state index < -0.39 is 5.92 Å². The summed E-state index contributed by atoms with van der Waals surface area (Å²) in [6.07, 6.45) is 1.82. The summed E-state index contributed by atoms with van der Waals surface area (Å²) in [6, 6.07) is 0. The molecule has 1 rings (SSSR count). The second-order valence-electron chi connectivity index (χ2n) is 2.97. The molecule has 0 nitrogen and oxygen atoms in total. The third kappa shape index (κ3) is 2.19. The summed E-state index contributed by atoms with van der Waals surface area (Å²) in [7, 11) is 0. The van der Waals surface area contributed by atoms with Crippen LogP contribution in [0.25, 0.3) is 0 Å². The molecule has 60 valence electrons. The van der Waals surface area contributed by atoms with Gasteiger partial charge in [0.15, 0.2) is 0 Å². The predicted molar refractivity (Wildman–Crippen MR) is 40.7 cm³/mol. The van der Waals surface area contributed by atoms with E-state index in [0.29, 0.717) is 6.42 Å². The third-order valence-corrected chi connectivity index (χ3v) is 2.88. The summed E-state index contributed by atoms with van der Waals surface area (Å²) < 4.78 is 25.2. The Morgan fingerprint density at radius 1 is 1.50 bits per heavy atom. The maximum absolute atomic E-state index is 12.6. The van der Waals surface area contributed by atoms with Gasteiger partial charge in [-0.25, -0.2) is 8.78 Å². The lowest BCUT2D eigenvalue weighted by atomic mass is 9.88. The van der Waals surface area contributed by atoms with Crippen molar-refractivity contribution in [2.24, 2.45) is 5.92 Å². The topological polar surface area (TPSA) is 0 Å². The Bertz CT molecular complexity index is 114. The second-order valence-corrected chi connectivity index (χ2v) is 3.62. The van der Waals surface area contributed by atoms with E-state index in [1.54, 1.807) is 0 Å². The molecule has 0 N–H and O–H groups in total. The molecule has 0 aliphatic heterocycles. The molecule has 0 aromatic carbocycles. The molecule has 1 aliphatic carbocycles. The van der Waals surface area contributed by atoms with Gasteiger partial charge in [0.2, 0.25) is 5.92 Å². The molecule has 1 atom stereocenters. The van der Waals surface area contributed by atoms with Crippen molar-refractivity contribution in [2.75, 3.05) is 5.33 Å². The van der Waals surface area contributed by atoms with Crippen LogP contribution in [-0.2, 0) is 0 Å². The van der Waals surface area contributed by atoms with E-state index in [2.05, 4.69) is 15.9 Å². The van der Waals surface area contributed by atoms with Crippen LogP contribution in [0, 0.1) is 5.92 Å². The molecule has 1 aliphatic rings. The third-order valence-electron chi connectivity index (χ3n) is 1.96. The molecule has 0 bridgehead atoms. The van der Waals surface area contributed by atoms with Crippen LogP contribution in [0.5, 0.6) is 0 Å². The fourth-order valence-corrected chi connectivity index (χ4v) is 1.96. The average Bonchev–Trinajstić information content (AvgIpc) is 1.86. The summed E-state index contributed by atoms with van der Waals surface area (Å²) >= 11 is 3.23. The van der Waals surface area contributed by atoms with Crippen LogP contribution >= 0.6 is 15.9 Å². The van der Waals surface area contributed by atoms with Gasteiger partial charge in [-0.3, -0.25) is 0 Å². The molecule has 0 radical (unpaired) electrons. The SMILES string of the molecule is FC1(F)CCC[C@@H](CBr)C1. The first kappa shape index (κ1) is 8.44. The Morgan fingerprint density at radius 3 is 2.60 bits per heavy atom. The maximum Gasteiger partial charge on any atom is 0.248 e. The number of halogens is 3. The van der Waals surface area contributed by atoms with Crippen LogP contribution in [0.1, 0.15) is 25.7 Å². The van der Waals surface area contributed by atoms with Crippen molar-refractivity contribution < 1.29 is 8.78 Å². The fourth-order valence-electron chi connectivity index (χ4n) is 1.41. The standard InChI is InChI=1S/C7H11BrF2/c8-5-6-2-1-3-7(9,10)4-6/h6H,1-5H2/t6-/m1/s1. The zero-order valence-electron chi connectivity index (χ0n) is 5.75. The molecule has 0 saturated heterocycles. The number of hydrogen-bond acceptors (Lipinski definition) is 0. The molecular weight excluding hydrogens is 202 g/mol. The molecule has 3 heteroatoms. The van der Waals surface area contributed by atoms with E-state index in [1.165, 1.54) is 0 Å². The van der Waals surface area contributed by atoms with E-state index in [-0.39, 0.29) is 18.8 Å². The number of hydrogen-bond donors (Lipinski definition) is 0. The van der Waals surface area contributed by atoms with Gasteiger partial charge >= 0.3 is 0 Å². The highest BCUT2D eigenvalue weighted by Gasteiger charge is 2.35. The smallest absolute Gasteiger partial charge is 0.207 e. The maximum atomic E-state index is 12.6. The Kier molecular flexibility index (Phi) is 2.67. The van der Waals surface area contributed by atoms with Gasteiger partial charge in [-0.1, -0.05) is 15.9 Å². The first-order valence-corrected chi connectivity index (χ1v) is 4.70. The molecule has 0 amide bonds. The second kappa shape index (κ2) is 3.16. The van der Waals surface area contributed by atoms with Crippen molar-refractivity contribution in [3.63, 3.8) is 0 Å². The molecule has 1 fully saturated rings. The lowest BCUT2D eigenvalue weighted by molar-refractivity contribution is -0.0485. The van der Waals surface area contributed by atoms with Crippen LogP contribution in [0.4, 0.5) is 8.78 Å². The van der Waals surface area contributed by atoms with Crippen LogP contribution in [0.15, 0.2) is 0 Å². The first-order chi connectivity index (χ1) is 4.64. The fraction of sp³-hybridized carbons (Fsp3) is 1.00. The summed E-state index contributed by atoms with van der Waals surface area (Å²) in [5.41, 5.74) is 0. The Labute approximate surface area is 68.1 Å². The highest BCUT2D eigenvalue weighted by atomic mass is 79.9. The predicted octanol–water partition coefficient (Wildman–Crippen LogP) is 3.21. The quantitative estimate of drug-likeness (QED) is 0.586. The van der Waals surface area contributed by atoms with E-state index >= 15 is 0 Å². The van der Waals surface area contributed by atoms with Crippen molar-refractivity contribution in [1.29, 1.82) is 0 Å². The highest BCUT2D eigenvalue weighted by Crippen LogP contribution is 2.37. The van der Waals surface area contributed by atoms with Gasteiger partial charge in [0.25, 0.3) is 0 Å². The Morgan fingerprint density at radius 2 is 2.20 bits per heavy atom. The minimum Gasteiger partial charge on any atom is -0.207 e. The van der Waals surface area contributed by atoms with E-state index in [1.807, 2.05) is 0 Å². The molecule has 0 heterocycles. The normalized spacial score (nSPS) is 32.1. The summed E-state index contributed by atoms with van der Waals surface area (Å²) in [4.78, 5) is 0. The summed E-state index contributed by atoms with van der Waals surface area (Å²) in [5, 5.41) is 0.725. The van der Waals surface area contributed by atoms with Crippen molar-refractivity contribution in [2.45, 2.75) is 31.6 Å². The highest BCUT2D eigenvalue weighted by molar-refractivity contribution is 9.09. The minimum absolute atomic E-state index is 0.0816. The molecule has 1 saturated carbocycles.